The van der Waals surface area contributed by atoms with Gasteiger partial charge in [0.2, 0.25) is 0 Å². The number of benzene rings is 1. The third-order valence-electron chi connectivity index (χ3n) is 3.09. The van der Waals surface area contributed by atoms with Gasteiger partial charge in [-0.2, -0.15) is 11.8 Å². The van der Waals surface area contributed by atoms with Gasteiger partial charge in [-0.25, -0.2) is 0 Å². The normalized spacial score (nSPS) is 15.6. The monoisotopic (exact) mass is 264 g/mol. The molecule has 4 nitrogen and oxygen atoms in total. The molecule has 0 aromatic heterocycles. The first kappa shape index (κ1) is 13.0. The number of carboxylic acids is 1. The third kappa shape index (κ3) is 2.36. The van der Waals surface area contributed by atoms with Gasteiger partial charge in [-0.05, 0) is 30.1 Å². The first-order valence-electron chi connectivity index (χ1n) is 5.74. The summed E-state index contributed by atoms with van der Waals surface area (Å²) in [6, 6.07) is 6.39. The van der Waals surface area contributed by atoms with Crippen LogP contribution < -0.4 is 5.11 Å². The quantitative estimate of drug-likeness (QED) is 0.777. The van der Waals surface area contributed by atoms with Crippen LogP contribution in [-0.2, 0) is 11.3 Å². The molecule has 0 radical (unpaired) electrons. The number of nitrogens with zero attached hydrogens (tertiary/aromatic N) is 1. The summed E-state index contributed by atoms with van der Waals surface area (Å²) in [6.07, 6.45) is 2.33. The molecule has 1 aliphatic heterocycles. The zero-order valence-electron chi connectivity index (χ0n) is 10.1. The number of carboxylic acid groups (broad SMARTS) is 1. The van der Waals surface area contributed by atoms with Crippen molar-refractivity contribution in [3.63, 3.8) is 0 Å². The van der Waals surface area contributed by atoms with Crippen molar-refractivity contribution in [2.45, 2.75) is 19.0 Å². The van der Waals surface area contributed by atoms with Gasteiger partial charge < -0.3 is 14.8 Å². The number of amides is 1. The Bertz CT molecular complexity index is 475. The third-order valence-corrected chi connectivity index (χ3v) is 3.74. The molecule has 1 aromatic carbocycles. The summed E-state index contributed by atoms with van der Waals surface area (Å²) in [5.41, 5.74) is 1.49. The van der Waals surface area contributed by atoms with Crippen molar-refractivity contribution < 1.29 is 14.7 Å². The highest BCUT2D eigenvalue weighted by Gasteiger charge is 2.32. The Labute approximate surface area is 110 Å². The lowest BCUT2D eigenvalue weighted by atomic mass is 10.1. The van der Waals surface area contributed by atoms with E-state index in [4.69, 9.17) is 0 Å². The van der Waals surface area contributed by atoms with Crippen molar-refractivity contribution in [1.82, 2.24) is 4.90 Å². The van der Waals surface area contributed by atoms with Gasteiger partial charge in [0, 0.05) is 12.1 Å². The molecule has 0 spiro atoms. The Morgan fingerprint density at radius 2 is 2.22 bits per heavy atom. The molecule has 0 N–H and O–H groups in total. The van der Waals surface area contributed by atoms with E-state index < -0.39 is 12.0 Å². The van der Waals surface area contributed by atoms with E-state index in [9.17, 15) is 14.7 Å². The number of carbonyl (C=O) groups is 2. The highest BCUT2D eigenvalue weighted by atomic mass is 32.2. The van der Waals surface area contributed by atoms with Crippen molar-refractivity contribution in [2.75, 3.05) is 12.0 Å². The molecule has 0 unspecified atom stereocenters. The summed E-state index contributed by atoms with van der Waals surface area (Å²) in [5, 5.41) is 11.2. The van der Waals surface area contributed by atoms with Crippen LogP contribution in [0.3, 0.4) is 0 Å². The fourth-order valence-electron chi connectivity index (χ4n) is 2.16. The number of hydrogen-bond acceptors (Lipinski definition) is 4. The lowest BCUT2D eigenvalue weighted by Gasteiger charge is -2.28. The van der Waals surface area contributed by atoms with Crippen LogP contribution in [0.15, 0.2) is 24.3 Å². The van der Waals surface area contributed by atoms with Gasteiger partial charge in [-0.15, -0.1) is 0 Å². The van der Waals surface area contributed by atoms with Gasteiger partial charge in [0.25, 0.3) is 5.91 Å². The van der Waals surface area contributed by atoms with Crippen LogP contribution >= 0.6 is 11.8 Å². The number of thioether (sulfide) groups is 1. The molecule has 1 amide bonds. The number of carbonyl (C=O) groups excluding carboxylic acids is 2. The Kier molecular flexibility index (Phi) is 3.91. The van der Waals surface area contributed by atoms with Crippen LogP contribution in [0.1, 0.15) is 22.3 Å². The molecular weight excluding hydrogens is 250 g/mol. The van der Waals surface area contributed by atoms with Crippen LogP contribution in [0.5, 0.6) is 0 Å². The van der Waals surface area contributed by atoms with E-state index in [0.29, 0.717) is 24.3 Å². The summed E-state index contributed by atoms with van der Waals surface area (Å²) in [5.74, 6) is -0.690. The van der Waals surface area contributed by atoms with E-state index in [0.717, 1.165) is 5.56 Å². The standard InChI is InChI=1S/C13H15NO3S/c1-18-7-6-11(13(16)17)14-8-9-4-2-3-5-10(9)12(14)15/h2-5,11H,6-8H2,1H3,(H,16,17)/p-1/t11-/m1/s1. The van der Waals surface area contributed by atoms with Gasteiger partial charge in [-0.3, -0.25) is 4.79 Å². The number of aliphatic carboxylic acids is 1. The summed E-state index contributed by atoms with van der Waals surface area (Å²) in [7, 11) is 0. The zero-order chi connectivity index (χ0) is 13.1. The number of fused-ring (bicyclic) bond motifs is 1. The van der Waals surface area contributed by atoms with Crippen molar-refractivity contribution in [3.8, 4) is 0 Å². The van der Waals surface area contributed by atoms with Crippen molar-refractivity contribution in [2.24, 2.45) is 0 Å². The van der Waals surface area contributed by atoms with Crippen LogP contribution in [-0.4, -0.2) is 34.8 Å². The number of rotatable bonds is 5. The fraction of sp³-hybridized carbons (Fsp3) is 0.385. The second-order valence-electron chi connectivity index (χ2n) is 4.21. The molecule has 0 bridgehead atoms. The van der Waals surface area contributed by atoms with E-state index in [1.807, 2.05) is 18.4 Å². The van der Waals surface area contributed by atoms with Crippen molar-refractivity contribution in [1.29, 1.82) is 0 Å². The minimum atomic E-state index is -1.18. The van der Waals surface area contributed by atoms with E-state index in [2.05, 4.69) is 0 Å². The molecule has 2 rings (SSSR count). The zero-order valence-corrected chi connectivity index (χ0v) is 10.9. The minimum absolute atomic E-state index is 0.207. The molecule has 0 saturated carbocycles. The predicted molar refractivity (Wildman–Crippen MR) is 68.1 cm³/mol. The van der Waals surface area contributed by atoms with Gasteiger partial charge in [0.1, 0.15) is 0 Å². The molecule has 1 heterocycles. The second kappa shape index (κ2) is 5.44. The SMILES string of the molecule is CSCC[C@H](C(=O)[O-])N1Cc2ccccc2C1=O. The van der Waals surface area contributed by atoms with Gasteiger partial charge in [-0.1, -0.05) is 18.2 Å². The first-order valence-corrected chi connectivity index (χ1v) is 7.13. The minimum Gasteiger partial charge on any atom is -0.548 e. The molecule has 18 heavy (non-hydrogen) atoms. The predicted octanol–water partition coefficient (Wildman–Crippen LogP) is 0.514. The molecule has 0 aliphatic carbocycles. The van der Waals surface area contributed by atoms with E-state index >= 15 is 0 Å². The molecular formula is C13H14NO3S-. The summed E-state index contributed by atoms with van der Waals surface area (Å²) in [6.45, 7) is 0.363. The van der Waals surface area contributed by atoms with Crippen LogP contribution in [0.25, 0.3) is 0 Å². The fourth-order valence-corrected chi connectivity index (χ4v) is 2.62. The molecule has 0 fully saturated rings. The first-order chi connectivity index (χ1) is 8.65. The molecule has 1 aromatic rings. The summed E-state index contributed by atoms with van der Waals surface area (Å²) >= 11 is 1.56. The van der Waals surface area contributed by atoms with Gasteiger partial charge in [0.15, 0.2) is 0 Å². The van der Waals surface area contributed by atoms with Crippen molar-refractivity contribution in [3.05, 3.63) is 35.4 Å². The Hall–Kier alpha value is -1.49. The molecule has 1 atom stereocenters. The maximum atomic E-state index is 12.1. The average Bonchev–Trinajstić information content (AvgIpc) is 2.68. The van der Waals surface area contributed by atoms with Gasteiger partial charge >= 0.3 is 0 Å². The smallest absolute Gasteiger partial charge is 0.255 e. The number of hydrogen-bond donors (Lipinski definition) is 0. The summed E-state index contributed by atoms with van der Waals surface area (Å²) < 4.78 is 0. The maximum absolute atomic E-state index is 12.1. The Balaban J connectivity index is 2.20. The topological polar surface area (TPSA) is 60.4 Å². The molecule has 1 aliphatic rings. The van der Waals surface area contributed by atoms with Crippen molar-refractivity contribution >= 4 is 23.6 Å². The lowest BCUT2D eigenvalue weighted by molar-refractivity contribution is -0.311. The van der Waals surface area contributed by atoms with E-state index in [-0.39, 0.29) is 5.91 Å². The lowest BCUT2D eigenvalue weighted by Crippen LogP contribution is -2.48. The average molecular weight is 264 g/mol. The highest BCUT2D eigenvalue weighted by molar-refractivity contribution is 7.98. The van der Waals surface area contributed by atoms with E-state index in [1.165, 1.54) is 4.90 Å². The maximum Gasteiger partial charge on any atom is 0.255 e. The van der Waals surface area contributed by atoms with E-state index in [1.54, 1.807) is 23.9 Å². The van der Waals surface area contributed by atoms with Crippen LogP contribution in [0, 0.1) is 0 Å². The van der Waals surface area contributed by atoms with Gasteiger partial charge in [0.05, 0.1) is 12.0 Å². The largest absolute Gasteiger partial charge is 0.548 e. The molecule has 0 saturated heterocycles. The molecule has 5 heteroatoms. The Morgan fingerprint density at radius 3 is 2.83 bits per heavy atom. The molecule has 96 valence electrons. The Morgan fingerprint density at radius 1 is 1.50 bits per heavy atom. The van der Waals surface area contributed by atoms with Crippen LogP contribution in [0.4, 0.5) is 0 Å². The summed E-state index contributed by atoms with van der Waals surface area (Å²) in [4.78, 5) is 24.7. The highest BCUT2D eigenvalue weighted by Crippen LogP contribution is 2.25. The second-order valence-corrected chi connectivity index (χ2v) is 5.19. The van der Waals surface area contributed by atoms with Crippen LogP contribution in [0.2, 0.25) is 0 Å².